The molecule has 0 aliphatic carbocycles. The van der Waals surface area contributed by atoms with Crippen molar-refractivity contribution in [2.75, 3.05) is 25.0 Å². The van der Waals surface area contributed by atoms with Crippen molar-refractivity contribution in [1.82, 2.24) is 5.32 Å². The topological polar surface area (TPSA) is 47.9 Å². The number of hydrogen-bond acceptors (Lipinski definition) is 3. The van der Waals surface area contributed by atoms with Crippen molar-refractivity contribution in [3.8, 4) is 6.07 Å². The quantitative estimate of drug-likeness (QED) is 0.904. The third-order valence-electron chi connectivity index (χ3n) is 4.56. The van der Waals surface area contributed by atoms with Crippen molar-refractivity contribution < 1.29 is 0 Å². The highest BCUT2D eigenvalue weighted by Gasteiger charge is 2.26. The summed E-state index contributed by atoms with van der Waals surface area (Å²) in [5.74, 6) is 0. The molecule has 3 heteroatoms. The Labute approximate surface area is 126 Å². The predicted octanol–water partition coefficient (Wildman–Crippen LogP) is 3.51. The number of piperidine rings is 1. The van der Waals surface area contributed by atoms with Crippen LogP contribution in [0.5, 0.6) is 0 Å². The summed E-state index contributed by atoms with van der Waals surface area (Å²) in [6.45, 7) is 5.54. The fourth-order valence-corrected chi connectivity index (χ4v) is 3.07. The van der Waals surface area contributed by atoms with Gasteiger partial charge < -0.3 is 10.6 Å². The van der Waals surface area contributed by atoms with E-state index in [0.717, 1.165) is 41.7 Å². The summed E-state index contributed by atoms with van der Waals surface area (Å²) in [7, 11) is 0. The molecular formula is C18H21N3. The molecular weight excluding hydrogens is 258 g/mol. The van der Waals surface area contributed by atoms with E-state index in [0.29, 0.717) is 5.41 Å². The Morgan fingerprint density at radius 2 is 1.86 bits per heavy atom. The van der Waals surface area contributed by atoms with Crippen LogP contribution in [0.4, 0.5) is 5.69 Å². The lowest BCUT2D eigenvalue weighted by molar-refractivity contribution is 0.247. The van der Waals surface area contributed by atoms with Gasteiger partial charge in [-0.15, -0.1) is 0 Å². The highest BCUT2D eigenvalue weighted by molar-refractivity contribution is 5.97. The molecule has 1 saturated heterocycles. The maximum absolute atomic E-state index is 9.22. The van der Waals surface area contributed by atoms with E-state index in [1.165, 1.54) is 12.8 Å². The lowest BCUT2D eigenvalue weighted by Gasteiger charge is -2.34. The van der Waals surface area contributed by atoms with E-state index in [-0.39, 0.29) is 0 Å². The maximum atomic E-state index is 9.22. The molecule has 0 unspecified atom stereocenters. The number of nitriles is 1. The summed E-state index contributed by atoms with van der Waals surface area (Å²) in [6.07, 6.45) is 2.41. The van der Waals surface area contributed by atoms with Gasteiger partial charge in [-0.1, -0.05) is 31.2 Å². The van der Waals surface area contributed by atoms with Crippen LogP contribution in [0.25, 0.3) is 10.8 Å². The molecule has 0 aromatic heterocycles. The van der Waals surface area contributed by atoms with Crippen molar-refractivity contribution in [2.45, 2.75) is 19.8 Å². The normalized spacial score (nSPS) is 17.3. The highest BCUT2D eigenvalue weighted by atomic mass is 14.9. The molecule has 0 radical (unpaired) electrons. The van der Waals surface area contributed by atoms with Gasteiger partial charge in [0.25, 0.3) is 0 Å². The van der Waals surface area contributed by atoms with Gasteiger partial charge in [-0.05, 0) is 43.5 Å². The van der Waals surface area contributed by atoms with E-state index in [1.807, 2.05) is 30.3 Å². The first-order valence-electron chi connectivity index (χ1n) is 7.58. The minimum Gasteiger partial charge on any atom is -0.384 e. The molecule has 2 aromatic rings. The van der Waals surface area contributed by atoms with E-state index < -0.39 is 0 Å². The van der Waals surface area contributed by atoms with E-state index in [4.69, 9.17) is 0 Å². The molecule has 1 aliphatic heterocycles. The Morgan fingerprint density at radius 3 is 2.57 bits per heavy atom. The van der Waals surface area contributed by atoms with Crippen LogP contribution in [0.3, 0.4) is 0 Å². The second-order valence-electron chi connectivity index (χ2n) is 6.23. The van der Waals surface area contributed by atoms with Crippen LogP contribution < -0.4 is 10.6 Å². The number of nitrogens with zero attached hydrogens (tertiary/aromatic N) is 1. The number of rotatable bonds is 3. The summed E-state index contributed by atoms with van der Waals surface area (Å²) < 4.78 is 0. The Bertz CT molecular complexity index is 678. The summed E-state index contributed by atoms with van der Waals surface area (Å²) in [5.41, 5.74) is 2.22. The lowest BCUT2D eigenvalue weighted by atomic mass is 9.81. The first-order chi connectivity index (χ1) is 10.2. The third-order valence-corrected chi connectivity index (χ3v) is 4.56. The molecule has 0 spiro atoms. The molecule has 1 aliphatic rings. The number of hydrogen-bond donors (Lipinski definition) is 2. The molecule has 2 aromatic carbocycles. The molecule has 21 heavy (non-hydrogen) atoms. The molecule has 108 valence electrons. The molecule has 3 rings (SSSR count). The summed E-state index contributed by atoms with van der Waals surface area (Å²) in [4.78, 5) is 0. The molecule has 2 N–H and O–H groups in total. The smallest absolute Gasteiger partial charge is 0.0998 e. The predicted molar refractivity (Wildman–Crippen MR) is 87.4 cm³/mol. The molecule has 3 nitrogen and oxygen atoms in total. The van der Waals surface area contributed by atoms with Crippen LogP contribution in [-0.4, -0.2) is 19.6 Å². The van der Waals surface area contributed by atoms with Gasteiger partial charge in [-0.3, -0.25) is 0 Å². The summed E-state index contributed by atoms with van der Waals surface area (Å²) in [6, 6.07) is 14.3. The standard InChI is InChI=1S/C18H21N3/c1-18(8-10-20-11-9-18)13-21-17-7-6-14(12-19)15-4-2-3-5-16(15)17/h2-7,20-21H,8-11,13H2,1H3. The van der Waals surface area contributed by atoms with Gasteiger partial charge in [0.05, 0.1) is 11.6 Å². The van der Waals surface area contributed by atoms with Crippen LogP contribution >= 0.6 is 0 Å². The fraction of sp³-hybridized carbons (Fsp3) is 0.389. The van der Waals surface area contributed by atoms with Crippen LogP contribution in [0.1, 0.15) is 25.3 Å². The van der Waals surface area contributed by atoms with Crippen molar-refractivity contribution in [3.05, 3.63) is 42.0 Å². The number of anilines is 1. The molecule has 0 amide bonds. The summed E-state index contributed by atoms with van der Waals surface area (Å²) in [5, 5.41) is 18.4. The average Bonchev–Trinajstić information content (AvgIpc) is 2.53. The van der Waals surface area contributed by atoms with E-state index in [2.05, 4.69) is 29.7 Å². The first kappa shape index (κ1) is 13.9. The average molecular weight is 279 g/mol. The van der Waals surface area contributed by atoms with Crippen molar-refractivity contribution >= 4 is 16.5 Å². The molecule has 1 heterocycles. The number of nitrogens with one attached hydrogen (secondary N) is 2. The van der Waals surface area contributed by atoms with Crippen LogP contribution in [0, 0.1) is 16.7 Å². The molecule has 0 atom stereocenters. The van der Waals surface area contributed by atoms with Gasteiger partial charge in [0.15, 0.2) is 0 Å². The van der Waals surface area contributed by atoms with Crippen molar-refractivity contribution in [3.63, 3.8) is 0 Å². The minimum absolute atomic E-state index is 0.347. The first-order valence-corrected chi connectivity index (χ1v) is 7.58. The lowest BCUT2D eigenvalue weighted by Crippen LogP contribution is -2.39. The second kappa shape index (κ2) is 5.75. The zero-order valence-electron chi connectivity index (χ0n) is 12.4. The SMILES string of the molecule is CC1(CNc2ccc(C#N)c3ccccc23)CCNCC1. The number of fused-ring (bicyclic) bond motifs is 1. The third kappa shape index (κ3) is 2.86. The van der Waals surface area contributed by atoms with Gasteiger partial charge in [0.1, 0.15) is 0 Å². The van der Waals surface area contributed by atoms with Gasteiger partial charge in [-0.25, -0.2) is 0 Å². The Morgan fingerprint density at radius 1 is 1.14 bits per heavy atom. The Balaban J connectivity index is 1.86. The van der Waals surface area contributed by atoms with Crippen LogP contribution in [0.2, 0.25) is 0 Å². The van der Waals surface area contributed by atoms with Crippen LogP contribution in [0.15, 0.2) is 36.4 Å². The Hall–Kier alpha value is -2.05. The van der Waals surface area contributed by atoms with E-state index in [1.54, 1.807) is 0 Å². The summed E-state index contributed by atoms with van der Waals surface area (Å²) >= 11 is 0. The van der Waals surface area contributed by atoms with Crippen LogP contribution in [-0.2, 0) is 0 Å². The van der Waals surface area contributed by atoms with E-state index >= 15 is 0 Å². The second-order valence-corrected chi connectivity index (χ2v) is 6.23. The fourth-order valence-electron chi connectivity index (χ4n) is 3.07. The maximum Gasteiger partial charge on any atom is 0.0998 e. The number of benzene rings is 2. The van der Waals surface area contributed by atoms with Gasteiger partial charge in [0.2, 0.25) is 0 Å². The molecule has 0 bridgehead atoms. The Kier molecular flexibility index (Phi) is 3.81. The largest absolute Gasteiger partial charge is 0.384 e. The molecule has 0 saturated carbocycles. The van der Waals surface area contributed by atoms with Crippen molar-refractivity contribution in [1.29, 1.82) is 5.26 Å². The minimum atomic E-state index is 0.347. The molecule has 1 fully saturated rings. The van der Waals surface area contributed by atoms with Gasteiger partial charge >= 0.3 is 0 Å². The zero-order valence-corrected chi connectivity index (χ0v) is 12.4. The monoisotopic (exact) mass is 279 g/mol. The van der Waals surface area contributed by atoms with E-state index in [9.17, 15) is 5.26 Å². The zero-order chi connectivity index (χ0) is 14.7. The van der Waals surface area contributed by atoms with Crippen molar-refractivity contribution in [2.24, 2.45) is 5.41 Å². The van der Waals surface area contributed by atoms with Gasteiger partial charge in [0, 0.05) is 23.0 Å². The van der Waals surface area contributed by atoms with Gasteiger partial charge in [-0.2, -0.15) is 5.26 Å². The highest BCUT2D eigenvalue weighted by Crippen LogP contribution is 2.31.